The molecule has 0 atom stereocenters. The van der Waals surface area contributed by atoms with Crippen molar-refractivity contribution < 1.29 is 4.42 Å². The second kappa shape index (κ2) is 21.1. The van der Waals surface area contributed by atoms with Gasteiger partial charge in [-0.2, -0.15) is 0 Å². The number of benzene rings is 8. The molecule has 5 aromatic heterocycles. The summed E-state index contributed by atoms with van der Waals surface area (Å²) in [6, 6.07) is 59.6. The van der Waals surface area contributed by atoms with Gasteiger partial charge in [0.05, 0.1) is 44.2 Å². The molecule has 76 heavy (non-hydrogen) atoms. The first-order chi connectivity index (χ1) is 37.4. The zero-order valence-corrected chi connectivity index (χ0v) is 44.8. The molecule has 0 radical (unpaired) electrons. The quantitative estimate of drug-likeness (QED) is 0.126. The first kappa shape index (κ1) is 49.3. The Morgan fingerprint density at radius 1 is 0.434 bits per heavy atom. The van der Waals surface area contributed by atoms with Gasteiger partial charge in [-0.15, -0.1) is 11.3 Å². The van der Waals surface area contributed by atoms with Crippen LogP contribution in [0.4, 0.5) is 0 Å². The maximum absolute atomic E-state index is 7.20. The summed E-state index contributed by atoms with van der Waals surface area (Å²) in [5.74, 6) is 0. The lowest BCUT2D eigenvalue weighted by Gasteiger charge is -2.11. The van der Waals surface area contributed by atoms with E-state index in [0.29, 0.717) is 0 Å². The predicted molar refractivity (Wildman–Crippen MR) is 335 cm³/mol. The third-order valence-electron chi connectivity index (χ3n) is 14.4. The molecule has 0 saturated heterocycles. The molecule has 5 heteroatoms. The number of nitrogens with zero attached hydrogens (tertiary/aromatic N) is 3. The zero-order valence-electron chi connectivity index (χ0n) is 44.0. The van der Waals surface area contributed by atoms with Crippen molar-refractivity contribution in [2.24, 2.45) is 0 Å². The molecule has 4 nitrogen and oxygen atoms in total. The van der Waals surface area contributed by atoms with Crippen LogP contribution in [-0.2, 0) is 0 Å². The number of aromatic nitrogens is 3. The van der Waals surface area contributed by atoms with Crippen LogP contribution in [0.5, 0.6) is 0 Å². The Labute approximate surface area is 449 Å². The lowest BCUT2D eigenvalue weighted by Crippen LogP contribution is -1.96. The van der Waals surface area contributed by atoms with Crippen molar-refractivity contribution in [3.63, 3.8) is 0 Å². The largest absolute Gasteiger partial charge is 0.455 e. The summed E-state index contributed by atoms with van der Waals surface area (Å²) in [5.41, 5.74) is 16.3. The average molecular weight is 1000 g/mol. The molecule has 0 aliphatic carbocycles. The molecule has 0 N–H and O–H groups in total. The van der Waals surface area contributed by atoms with Crippen LogP contribution in [0.15, 0.2) is 218 Å². The maximum Gasteiger partial charge on any atom is 0.145 e. The monoisotopic (exact) mass is 1000 g/mol. The van der Waals surface area contributed by atoms with Gasteiger partial charge in [-0.1, -0.05) is 162 Å². The molecule has 0 unspecified atom stereocenters. The molecule has 0 aliphatic rings. The number of rotatable bonds is 10. The van der Waals surface area contributed by atoms with E-state index in [9.17, 15) is 0 Å². The Kier molecular flexibility index (Phi) is 13.7. The van der Waals surface area contributed by atoms with Gasteiger partial charge in [0.25, 0.3) is 0 Å². The molecule has 0 saturated carbocycles. The van der Waals surface area contributed by atoms with Gasteiger partial charge in [0.2, 0.25) is 0 Å². The van der Waals surface area contributed by atoms with Crippen molar-refractivity contribution in [1.29, 1.82) is 0 Å². The SMILES string of the molecule is C=C/C=C\C.C=Cc1c(/C=C\C)n(-c2ccc3sc4ccc(-c5cccc(-n6c7ccccc7c7c8oc9c(ccc%10c9c(C=C)c(/C=C\C)n%10-c9ccccc9)c8ccc76)c5)cc4c3c2)c2ccccc12.CCCC. The summed E-state index contributed by atoms with van der Waals surface area (Å²) >= 11 is 1.85. The summed E-state index contributed by atoms with van der Waals surface area (Å²) in [7, 11) is 0. The van der Waals surface area contributed by atoms with Crippen molar-refractivity contribution in [2.45, 2.75) is 47.5 Å². The van der Waals surface area contributed by atoms with Crippen molar-refractivity contribution in [2.75, 3.05) is 0 Å². The molecule has 13 rings (SSSR count). The fraction of sp³-hybridized carbons (Fsp3) is 0.0986. The van der Waals surface area contributed by atoms with Crippen LogP contribution in [-0.4, -0.2) is 13.7 Å². The zero-order chi connectivity index (χ0) is 52.5. The minimum Gasteiger partial charge on any atom is -0.455 e. The van der Waals surface area contributed by atoms with Crippen LogP contribution < -0.4 is 0 Å². The van der Waals surface area contributed by atoms with E-state index in [1.807, 2.05) is 42.6 Å². The van der Waals surface area contributed by atoms with E-state index in [4.69, 9.17) is 4.42 Å². The van der Waals surface area contributed by atoms with E-state index in [1.165, 1.54) is 49.5 Å². The molecule has 0 amide bonds. The fourth-order valence-electron chi connectivity index (χ4n) is 11.0. The second-order valence-corrected chi connectivity index (χ2v) is 20.0. The van der Waals surface area contributed by atoms with E-state index in [2.05, 4.69) is 249 Å². The smallest absolute Gasteiger partial charge is 0.145 e. The number of thiophene rings is 1. The Balaban J connectivity index is 0.000000636. The fourth-order valence-corrected chi connectivity index (χ4v) is 12.0. The third-order valence-corrected chi connectivity index (χ3v) is 15.6. The summed E-state index contributed by atoms with van der Waals surface area (Å²) in [6.07, 6.45) is 20.7. The number of hydrogen-bond acceptors (Lipinski definition) is 2. The highest BCUT2D eigenvalue weighted by Crippen LogP contribution is 2.46. The number of unbranched alkanes of at least 4 members (excludes halogenated alkanes) is 1. The minimum absolute atomic E-state index is 0.874. The average Bonchev–Trinajstić information content (AvgIpc) is 4.41. The van der Waals surface area contributed by atoms with Gasteiger partial charge in [-0.25, -0.2) is 0 Å². The van der Waals surface area contributed by atoms with Gasteiger partial charge >= 0.3 is 0 Å². The van der Waals surface area contributed by atoms with Crippen molar-refractivity contribution in [3.8, 4) is 28.2 Å². The molecule has 5 heterocycles. The van der Waals surface area contributed by atoms with E-state index in [-0.39, 0.29) is 0 Å². The van der Waals surface area contributed by atoms with Gasteiger partial charge < -0.3 is 18.1 Å². The molecular weight excluding hydrogens is 943 g/mol. The van der Waals surface area contributed by atoms with Gasteiger partial charge in [-0.3, -0.25) is 0 Å². The Hall–Kier alpha value is -8.90. The molecule has 0 aliphatic heterocycles. The highest BCUT2D eigenvalue weighted by molar-refractivity contribution is 7.25. The Morgan fingerprint density at radius 2 is 0.987 bits per heavy atom. The van der Waals surface area contributed by atoms with Crippen molar-refractivity contribution in [1.82, 2.24) is 13.7 Å². The minimum atomic E-state index is 0.874. The molecular formula is C71H61N3OS. The Bertz CT molecular complexity index is 4460. The molecule has 0 spiro atoms. The topological polar surface area (TPSA) is 27.9 Å². The lowest BCUT2D eigenvalue weighted by molar-refractivity contribution is 0.676. The molecule has 0 bridgehead atoms. The first-order valence-corrected chi connectivity index (χ1v) is 27.2. The highest BCUT2D eigenvalue weighted by Gasteiger charge is 2.24. The normalized spacial score (nSPS) is 11.9. The van der Waals surface area contributed by atoms with E-state index >= 15 is 0 Å². The number of furan rings is 1. The van der Waals surface area contributed by atoms with E-state index in [1.54, 1.807) is 6.08 Å². The number of para-hydroxylation sites is 3. The second-order valence-electron chi connectivity index (χ2n) is 19.0. The van der Waals surface area contributed by atoms with Gasteiger partial charge in [0, 0.05) is 69.9 Å². The summed E-state index contributed by atoms with van der Waals surface area (Å²) in [4.78, 5) is 0. The van der Waals surface area contributed by atoms with Crippen molar-refractivity contribution in [3.05, 3.63) is 236 Å². The summed E-state index contributed by atoms with van der Waals surface area (Å²) in [6.45, 7) is 22.4. The van der Waals surface area contributed by atoms with E-state index in [0.717, 1.165) is 99.8 Å². The van der Waals surface area contributed by atoms with Crippen LogP contribution in [0.1, 0.15) is 70.0 Å². The Morgan fingerprint density at radius 3 is 1.63 bits per heavy atom. The van der Waals surface area contributed by atoms with Gasteiger partial charge in [0.1, 0.15) is 11.2 Å². The first-order valence-electron chi connectivity index (χ1n) is 26.4. The standard InChI is InChI=1S/C62H43N3OS.C5H8.C4H10/c1-5-17-51-43(7-3)45-23-12-14-25-53(45)64(51)42-28-34-58-50(37-42)49-36-39(27-33-57(49)67-58)38-19-16-22-41(35-38)65-54-26-15-13-24-48(54)60-56(65)32-30-47-46-29-31-55-59(61(46)66-62(47)60)44(8-4)52(18-6-2)63(55)40-20-10-9-11-21-40;1-3-5-4-2;1-3-4-2/h5-37H,3-4H2,1-2H3;3-5H,1H2,2H3;3-4H2,1-2H3/b17-5-,18-6-;5-4-;. The lowest BCUT2D eigenvalue weighted by atomic mass is 10.0. The van der Waals surface area contributed by atoms with Crippen LogP contribution in [0.3, 0.4) is 0 Å². The highest BCUT2D eigenvalue weighted by atomic mass is 32.1. The maximum atomic E-state index is 7.20. The molecule has 13 aromatic rings. The van der Waals surface area contributed by atoms with E-state index < -0.39 is 0 Å². The molecule has 372 valence electrons. The van der Waals surface area contributed by atoms with Gasteiger partial charge in [0.15, 0.2) is 0 Å². The van der Waals surface area contributed by atoms with Gasteiger partial charge in [-0.05, 0) is 135 Å². The molecule has 8 aromatic carbocycles. The predicted octanol–water partition coefficient (Wildman–Crippen LogP) is 21.5. The van der Waals surface area contributed by atoms with Crippen LogP contribution in [0.25, 0.3) is 138 Å². The van der Waals surface area contributed by atoms with Crippen LogP contribution >= 0.6 is 11.3 Å². The number of hydrogen-bond donors (Lipinski definition) is 0. The number of allylic oxidation sites excluding steroid dienone is 5. The van der Waals surface area contributed by atoms with Crippen LogP contribution in [0, 0.1) is 0 Å². The number of fused-ring (bicyclic) bond motifs is 13. The van der Waals surface area contributed by atoms with Crippen LogP contribution in [0.2, 0.25) is 0 Å². The third kappa shape index (κ3) is 8.25. The van der Waals surface area contributed by atoms with Crippen molar-refractivity contribution >= 4 is 121 Å². The molecule has 0 fully saturated rings. The summed E-state index contributed by atoms with van der Waals surface area (Å²) < 4.78 is 16.8. The summed E-state index contributed by atoms with van der Waals surface area (Å²) in [5, 5.41) is 9.22.